The molecule has 0 fully saturated rings. The first kappa shape index (κ1) is 14.0. The van der Waals surface area contributed by atoms with Crippen LogP contribution >= 0.6 is 12.2 Å². The Labute approximate surface area is 105 Å². The van der Waals surface area contributed by atoms with Gasteiger partial charge in [-0.25, -0.2) is 17.5 Å². The predicted molar refractivity (Wildman–Crippen MR) is 67.6 cm³/mol. The molecule has 0 bridgehead atoms. The van der Waals surface area contributed by atoms with E-state index in [0.29, 0.717) is 6.42 Å². The van der Waals surface area contributed by atoms with E-state index in [1.165, 1.54) is 12.1 Å². The highest BCUT2D eigenvalue weighted by Crippen LogP contribution is 2.10. The molecule has 1 rings (SSSR count). The van der Waals surface area contributed by atoms with E-state index in [1.807, 2.05) is 0 Å². The summed E-state index contributed by atoms with van der Waals surface area (Å²) in [5.74, 6) is -0.495. The molecule has 0 aliphatic heterocycles. The van der Waals surface area contributed by atoms with Gasteiger partial charge in [-0.3, -0.25) is 0 Å². The van der Waals surface area contributed by atoms with E-state index in [-0.39, 0.29) is 9.88 Å². The average molecular weight is 276 g/mol. The van der Waals surface area contributed by atoms with E-state index in [4.69, 9.17) is 18.0 Å². The van der Waals surface area contributed by atoms with Gasteiger partial charge in [-0.1, -0.05) is 19.1 Å². The lowest BCUT2D eigenvalue weighted by Crippen LogP contribution is -2.42. The van der Waals surface area contributed by atoms with E-state index in [2.05, 4.69) is 4.72 Å². The molecule has 3 N–H and O–H groups in total. The van der Waals surface area contributed by atoms with Crippen molar-refractivity contribution >= 4 is 27.2 Å². The maximum Gasteiger partial charge on any atom is 0.241 e. The summed E-state index contributed by atoms with van der Waals surface area (Å²) in [5, 5.41) is 0. The molecule has 0 spiro atoms. The molecule has 0 radical (unpaired) electrons. The molecule has 0 aliphatic carbocycles. The van der Waals surface area contributed by atoms with Crippen molar-refractivity contribution < 1.29 is 12.8 Å². The Bertz CT molecular complexity index is 500. The fraction of sp³-hybridized carbons (Fsp3) is 0.300. The summed E-state index contributed by atoms with van der Waals surface area (Å²) >= 11 is 4.75. The Morgan fingerprint density at radius 1 is 1.47 bits per heavy atom. The minimum atomic E-state index is -3.72. The number of halogens is 1. The molecule has 0 saturated carbocycles. The van der Waals surface area contributed by atoms with Crippen molar-refractivity contribution in [2.24, 2.45) is 5.73 Å². The van der Waals surface area contributed by atoms with Crippen LogP contribution in [-0.2, 0) is 10.0 Å². The molecule has 0 heterocycles. The lowest BCUT2D eigenvalue weighted by molar-refractivity contribution is 0.572. The summed E-state index contributed by atoms with van der Waals surface area (Å²) in [6.45, 7) is 1.76. The summed E-state index contributed by atoms with van der Waals surface area (Å²) in [4.78, 5) is 0.0618. The van der Waals surface area contributed by atoms with E-state index in [1.54, 1.807) is 6.92 Å². The average Bonchev–Trinajstić information content (AvgIpc) is 2.26. The van der Waals surface area contributed by atoms with Gasteiger partial charge in [-0.15, -0.1) is 0 Å². The van der Waals surface area contributed by atoms with Crippen molar-refractivity contribution in [2.45, 2.75) is 24.3 Å². The maximum absolute atomic E-state index is 12.7. The van der Waals surface area contributed by atoms with Crippen molar-refractivity contribution in [3.8, 4) is 0 Å². The van der Waals surface area contributed by atoms with Crippen LogP contribution < -0.4 is 10.5 Å². The molecular weight excluding hydrogens is 263 g/mol. The van der Waals surface area contributed by atoms with E-state index >= 15 is 0 Å². The highest BCUT2D eigenvalue weighted by Gasteiger charge is 2.20. The fourth-order valence-corrected chi connectivity index (χ4v) is 2.81. The van der Waals surface area contributed by atoms with Crippen LogP contribution in [0.5, 0.6) is 0 Å². The van der Waals surface area contributed by atoms with Crippen LogP contribution in [0.1, 0.15) is 13.3 Å². The number of hydrogen-bond donors (Lipinski definition) is 2. The van der Waals surface area contributed by atoms with Crippen LogP contribution in [0.15, 0.2) is 29.2 Å². The second kappa shape index (κ2) is 5.52. The standard InChI is InChI=1S/C10H13FN2O2S2/c1-2-9(10(12)16)13-17(14,15)8-5-3-7(11)4-6-8/h3-6,9,13H,2H2,1H3,(H2,12,16). The first-order chi connectivity index (χ1) is 7.86. The van der Waals surface area contributed by atoms with E-state index in [9.17, 15) is 12.8 Å². The number of nitrogens with one attached hydrogen (secondary N) is 1. The number of benzene rings is 1. The van der Waals surface area contributed by atoms with Crippen LogP contribution in [0, 0.1) is 5.82 Å². The van der Waals surface area contributed by atoms with Gasteiger partial charge < -0.3 is 5.73 Å². The quantitative estimate of drug-likeness (QED) is 0.792. The van der Waals surface area contributed by atoms with Gasteiger partial charge in [0.05, 0.1) is 15.9 Å². The summed E-state index contributed by atoms with van der Waals surface area (Å²) in [6.07, 6.45) is 0.454. The van der Waals surface area contributed by atoms with Crippen molar-refractivity contribution in [2.75, 3.05) is 0 Å². The first-order valence-electron chi connectivity index (χ1n) is 4.94. The maximum atomic E-state index is 12.7. The third-order valence-corrected chi connectivity index (χ3v) is 3.95. The third kappa shape index (κ3) is 3.72. The molecule has 1 aromatic carbocycles. The zero-order valence-electron chi connectivity index (χ0n) is 9.18. The number of thiocarbonyl (C=S) groups is 1. The Morgan fingerprint density at radius 2 is 2.00 bits per heavy atom. The van der Waals surface area contributed by atoms with Crippen molar-refractivity contribution in [3.05, 3.63) is 30.1 Å². The molecule has 94 valence electrons. The lowest BCUT2D eigenvalue weighted by Gasteiger charge is -2.15. The molecule has 1 atom stereocenters. The molecule has 1 aromatic rings. The Morgan fingerprint density at radius 3 is 2.41 bits per heavy atom. The van der Waals surface area contributed by atoms with Gasteiger partial charge in [-0.2, -0.15) is 0 Å². The van der Waals surface area contributed by atoms with E-state index < -0.39 is 21.9 Å². The summed E-state index contributed by atoms with van der Waals surface area (Å²) in [6, 6.07) is 3.93. The van der Waals surface area contributed by atoms with Gasteiger partial charge in [0.15, 0.2) is 0 Å². The van der Waals surface area contributed by atoms with Gasteiger partial charge in [0.2, 0.25) is 10.0 Å². The summed E-state index contributed by atoms with van der Waals surface area (Å²) in [7, 11) is -3.72. The Kier molecular flexibility index (Phi) is 4.55. The van der Waals surface area contributed by atoms with Gasteiger partial charge in [0.25, 0.3) is 0 Å². The van der Waals surface area contributed by atoms with Crippen LogP contribution in [0.3, 0.4) is 0 Å². The molecular formula is C10H13FN2O2S2. The van der Waals surface area contributed by atoms with Gasteiger partial charge in [-0.05, 0) is 30.7 Å². The molecule has 0 aliphatic rings. The molecule has 0 saturated heterocycles. The number of nitrogens with two attached hydrogens (primary N) is 1. The summed E-state index contributed by atoms with van der Waals surface area (Å²) in [5.41, 5.74) is 5.40. The molecule has 17 heavy (non-hydrogen) atoms. The smallest absolute Gasteiger partial charge is 0.241 e. The first-order valence-corrected chi connectivity index (χ1v) is 6.83. The summed E-state index contributed by atoms with van der Waals surface area (Å²) < 4.78 is 38.8. The molecule has 1 unspecified atom stereocenters. The van der Waals surface area contributed by atoms with Crippen LogP contribution in [0.2, 0.25) is 0 Å². The molecule has 0 amide bonds. The molecule has 0 aromatic heterocycles. The van der Waals surface area contributed by atoms with Crippen LogP contribution in [-0.4, -0.2) is 19.4 Å². The van der Waals surface area contributed by atoms with Crippen LogP contribution in [0.4, 0.5) is 4.39 Å². The topological polar surface area (TPSA) is 72.2 Å². The van der Waals surface area contributed by atoms with Crippen molar-refractivity contribution in [3.63, 3.8) is 0 Å². The van der Waals surface area contributed by atoms with Gasteiger partial charge in [0, 0.05) is 0 Å². The predicted octanol–water partition coefficient (Wildman–Crippen LogP) is 1.17. The zero-order chi connectivity index (χ0) is 13.1. The van der Waals surface area contributed by atoms with Gasteiger partial charge in [0.1, 0.15) is 5.82 Å². The SMILES string of the molecule is CCC(NS(=O)(=O)c1ccc(F)cc1)C(N)=S. The normalized spacial score (nSPS) is 13.3. The van der Waals surface area contributed by atoms with Crippen molar-refractivity contribution in [1.82, 2.24) is 4.72 Å². The number of hydrogen-bond acceptors (Lipinski definition) is 3. The largest absolute Gasteiger partial charge is 0.392 e. The minimum Gasteiger partial charge on any atom is -0.392 e. The van der Waals surface area contributed by atoms with Gasteiger partial charge >= 0.3 is 0 Å². The number of sulfonamides is 1. The molecule has 7 heteroatoms. The lowest BCUT2D eigenvalue weighted by atomic mass is 10.2. The highest BCUT2D eigenvalue weighted by molar-refractivity contribution is 7.89. The Hall–Kier alpha value is -1.05. The highest BCUT2D eigenvalue weighted by atomic mass is 32.2. The minimum absolute atomic E-state index is 0.0198. The second-order valence-electron chi connectivity index (χ2n) is 3.44. The Balaban J connectivity index is 2.96. The van der Waals surface area contributed by atoms with Crippen LogP contribution in [0.25, 0.3) is 0 Å². The fourth-order valence-electron chi connectivity index (χ4n) is 1.21. The van der Waals surface area contributed by atoms with Crippen molar-refractivity contribution in [1.29, 1.82) is 0 Å². The monoisotopic (exact) mass is 276 g/mol. The van der Waals surface area contributed by atoms with E-state index in [0.717, 1.165) is 12.1 Å². The molecule has 4 nitrogen and oxygen atoms in total. The zero-order valence-corrected chi connectivity index (χ0v) is 10.8. The third-order valence-electron chi connectivity index (χ3n) is 2.17. The second-order valence-corrected chi connectivity index (χ2v) is 5.62. The number of rotatable bonds is 5.